The summed E-state index contributed by atoms with van der Waals surface area (Å²) < 4.78 is 16.0. The summed E-state index contributed by atoms with van der Waals surface area (Å²) in [4.78, 5) is 11.0. The molecule has 2 atom stereocenters. The van der Waals surface area contributed by atoms with Crippen molar-refractivity contribution in [3.8, 4) is 17.2 Å². The predicted molar refractivity (Wildman–Crippen MR) is 83.9 cm³/mol. The maximum Gasteiger partial charge on any atom is 0.308 e. The molecule has 1 heterocycles. The van der Waals surface area contributed by atoms with E-state index in [9.17, 15) is 9.90 Å². The minimum atomic E-state index is -0.697. The summed E-state index contributed by atoms with van der Waals surface area (Å²) in [6.07, 6.45) is -0.697. The maximum atomic E-state index is 11.0. The van der Waals surface area contributed by atoms with Gasteiger partial charge in [-0.2, -0.15) is 0 Å². The van der Waals surface area contributed by atoms with Crippen LogP contribution in [0.25, 0.3) is 0 Å². The van der Waals surface area contributed by atoms with Crippen LogP contribution in [0.2, 0.25) is 0 Å². The Balaban J connectivity index is 1.88. The van der Waals surface area contributed by atoms with Crippen molar-refractivity contribution >= 4 is 5.97 Å². The van der Waals surface area contributed by atoms with Crippen LogP contribution in [-0.4, -0.2) is 24.8 Å². The highest BCUT2D eigenvalue weighted by Gasteiger charge is 2.31. The normalized spacial score (nSPS) is 19.4. The highest BCUT2D eigenvalue weighted by atomic mass is 16.5. The van der Waals surface area contributed by atoms with Gasteiger partial charge in [-0.05, 0) is 29.8 Å². The van der Waals surface area contributed by atoms with E-state index in [0.29, 0.717) is 23.7 Å². The molecule has 23 heavy (non-hydrogen) atoms. The van der Waals surface area contributed by atoms with Crippen molar-refractivity contribution in [3.63, 3.8) is 0 Å². The van der Waals surface area contributed by atoms with Crippen molar-refractivity contribution in [2.45, 2.75) is 18.9 Å². The molecule has 0 saturated carbocycles. The first kappa shape index (κ1) is 15.4. The van der Waals surface area contributed by atoms with Gasteiger partial charge in [-0.25, -0.2) is 0 Å². The molecule has 1 aliphatic rings. The third kappa shape index (κ3) is 3.14. The first-order valence-electron chi connectivity index (χ1n) is 7.35. The number of carbonyl (C=O) groups is 1. The average molecular weight is 314 g/mol. The topological polar surface area (TPSA) is 65.0 Å². The molecular formula is C18H18O5. The lowest BCUT2D eigenvalue weighted by Crippen LogP contribution is -2.24. The predicted octanol–water partition coefficient (Wildman–Crippen LogP) is 2.83. The number of hydrogen-bond acceptors (Lipinski definition) is 5. The molecule has 1 N–H and O–H groups in total. The fraction of sp³-hybridized carbons (Fsp3) is 0.278. The Hall–Kier alpha value is -2.53. The third-order valence-electron chi connectivity index (χ3n) is 3.89. The van der Waals surface area contributed by atoms with Crippen LogP contribution < -0.4 is 14.2 Å². The number of benzene rings is 2. The number of ether oxygens (including phenoxy) is 3. The van der Waals surface area contributed by atoms with Crippen LogP contribution in [0.15, 0.2) is 42.5 Å². The second kappa shape index (κ2) is 6.30. The number of carbonyl (C=O) groups excluding carboxylic acids is 1. The molecule has 0 bridgehead atoms. The van der Waals surface area contributed by atoms with Crippen molar-refractivity contribution in [2.75, 3.05) is 13.7 Å². The molecule has 2 aromatic carbocycles. The number of hydrogen-bond donors (Lipinski definition) is 1. The quantitative estimate of drug-likeness (QED) is 0.697. The van der Waals surface area contributed by atoms with E-state index in [-0.39, 0.29) is 5.92 Å². The molecular weight excluding hydrogens is 296 g/mol. The molecule has 2 aromatic rings. The van der Waals surface area contributed by atoms with Gasteiger partial charge in [0.1, 0.15) is 17.2 Å². The molecule has 5 nitrogen and oxygen atoms in total. The Morgan fingerprint density at radius 3 is 2.78 bits per heavy atom. The Labute approximate surface area is 134 Å². The number of fused-ring (bicyclic) bond motifs is 1. The van der Waals surface area contributed by atoms with Gasteiger partial charge in [0.2, 0.25) is 0 Å². The van der Waals surface area contributed by atoms with Gasteiger partial charge in [0.15, 0.2) is 0 Å². The van der Waals surface area contributed by atoms with Crippen LogP contribution in [0.5, 0.6) is 17.2 Å². The fourth-order valence-corrected chi connectivity index (χ4v) is 2.75. The molecule has 0 spiro atoms. The number of methoxy groups -OCH3 is 1. The van der Waals surface area contributed by atoms with E-state index in [4.69, 9.17) is 14.2 Å². The Morgan fingerprint density at radius 2 is 2.04 bits per heavy atom. The zero-order valence-corrected chi connectivity index (χ0v) is 13.0. The lowest BCUT2D eigenvalue weighted by atomic mass is 9.87. The van der Waals surface area contributed by atoms with Gasteiger partial charge >= 0.3 is 5.97 Å². The van der Waals surface area contributed by atoms with Crippen LogP contribution in [0.1, 0.15) is 30.1 Å². The van der Waals surface area contributed by atoms with E-state index in [0.717, 1.165) is 11.3 Å². The monoisotopic (exact) mass is 314 g/mol. The van der Waals surface area contributed by atoms with E-state index in [2.05, 4.69) is 0 Å². The van der Waals surface area contributed by atoms with Crippen molar-refractivity contribution in [1.29, 1.82) is 0 Å². The summed E-state index contributed by atoms with van der Waals surface area (Å²) >= 11 is 0. The zero-order chi connectivity index (χ0) is 16.4. The van der Waals surface area contributed by atoms with Crippen molar-refractivity contribution in [2.24, 2.45) is 0 Å². The standard InChI is InChI=1S/C18H18O5/c1-11(19)23-14-6-7-15-17(9-14)22-10-16(18(15)20)12-4-3-5-13(8-12)21-2/h3-9,16,18,20H,10H2,1-2H3/t16-,18+/m0/s1. The van der Waals surface area contributed by atoms with Gasteiger partial charge in [-0.3, -0.25) is 4.79 Å². The van der Waals surface area contributed by atoms with Gasteiger partial charge < -0.3 is 19.3 Å². The second-order valence-corrected chi connectivity index (χ2v) is 5.43. The van der Waals surface area contributed by atoms with E-state index in [1.807, 2.05) is 24.3 Å². The second-order valence-electron chi connectivity index (χ2n) is 5.43. The molecule has 0 radical (unpaired) electrons. The van der Waals surface area contributed by atoms with Crippen molar-refractivity contribution in [3.05, 3.63) is 53.6 Å². The highest BCUT2D eigenvalue weighted by molar-refractivity contribution is 5.69. The van der Waals surface area contributed by atoms with Crippen molar-refractivity contribution in [1.82, 2.24) is 0 Å². The highest BCUT2D eigenvalue weighted by Crippen LogP contribution is 2.42. The Bertz CT molecular complexity index is 725. The Kier molecular flexibility index (Phi) is 4.21. The van der Waals surface area contributed by atoms with E-state index in [1.54, 1.807) is 25.3 Å². The summed E-state index contributed by atoms with van der Waals surface area (Å²) in [6.45, 7) is 1.68. The van der Waals surface area contributed by atoms with Gasteiger partial charge in [-0.1, -0.05) is 12.1 Å². The number of aliphatic hydroxyl groups excluding tert-OH is 1. The molecule has 0 aliphatic carbocycles. The van der Waals surface area contributed by atoms with Crippen LogP contribution in [0, 0.1) is 0 Å². The SMILES string of the molecule is COc1cccc([C@@H]2COc3cc(OC(C)=O)ccc3[C@H]2O)c1. The minimum Gasteiger partial charge on any atom is -0.497 e. The van der Waals surface area contributed by atoms with Gasteiger partial charge in [0, 0.05) is 24.5 Å². The van der Waals surface area contributed by atoms with Crippen LogP contribution in [-0.2, 0) is 4.79 Å². The summed E-state index contributed by atoms with van der Waals surface area (Å²) in [5.41, 5.74) is 1.63. The molecule has 1 aliphatic heterocycles. The molecule has 0 aromatic heterocycles. The van der Waals surface area contributed by atoms with Crippen LogP contribution in [0.3, 0.4) is 0 Å². The summed E-state index contributed by atoms with van der Waals surface area (Å²) in [7, 11) is 1.61. The molecule has 5 heteroatoms. The van der Waals surface area contributed by atoms with E-state index < -0.39 is 12.1 Å². The first-order valence-corrected chi connectivity index (χ1v) is 7.35. The summed E-state index contributed by atoms with van der Waals surface area (Å²) in [5, 5.41) is 10.7. The van der Waals surface area contributed by atoms with Crippen LogP contribution in [0.4, 0.5) is 0 Å². The summed E-state index contributed by atoms with van der Waals surface area (Å²) in [5.74, 6) is 1.11. The lowest BCUT2D eigenvalue weighted by Gasteiger charge is -2.31. The zero-order valence-electron chi connectivity index (χ0n) is 13.0. The summed E-state index contributed by atoms with van der Waals surface area (Å²) in [6, 6.07) is 12.6. The Morgan fingerprint density at radius 1 is 1.22 bits per heavy atom. The molecule has 120 valence electrons. The number of esters is 1. The van der Waals surface area contributed by atoms with Crippen LogP contribution >= 0.6 is 0 Å². The lowest BCUT2D eigenvalue weighted by molar-refractivity contribution is -0.131. The van der Waals surface area contributed by atoms with Gasteiger partial charge in [-0.15, -0.1) is 0 Å². The number of rotatable bonds is 3. The fourth-order valence-electron chi connectivity index (χ4n) is 2.75. The van der Waals surface area contributed by atoms with Gasteiger partial charge in [0.05, 0.1) is 19.8 Å². The van der Waals surface area contributed by atoms with E-state index >= 15 is 0 Å². The maximum absolute atomic E-state index is 11.0. The van der Waals surface area contributed by atoms with Crippen molar-refractivity contribution < 1.29 is 24.1 Å². The minimum absolute atomic E-state index is 0.183. The number of aliphatic hydroxyl groups is 1. The molecule has 0 unspecified atom stereocenters. The molecule has 3 rings (SSSR count). The van der Waals surface area contributed by atoms with E-state index in [1.165, 1.54) is 6.92 Å². The molecule has 0 saturated heterocycles. The van der Waals surface area contributed by atoms with Gasteiger partial charge in [0.25, 0.3) is 0 Å². The molecule has 0 fully saturated rings. The average Bonchev–Trinajstić information content (AvgIpc) is 2.54. The third-order valence-corrected chi connectivity index (χ3v) is 3.89. The smallest absolute Gasteiger partial charge is 0.308 e. The molecule has 0 amide bonds. The first-order chi connectivity index (χ1) is 11.1. The largest absolute Gasteiger partial charge is 0.497 e.